The zero-order valence-corrected chi connectivity index (χ0v) is 20.8. The van der Waals surface area contributed by atoms with Crippen molar-refractivity contribution < 1.29 is 12.6 Å². The van der Waals surface area contributed by atoms with Gasteiger partial charge >= 0.3 is 0 Å². The number of hydrogen-bond donors (Lipinski definition) is 0. The molecule has 0 heterocycles. The second kappa shape index (κ2) is 10.0. The maximum Gasteiger partial charge on any atom is 0.278 e. The second-order valence-corrected chi connectivity index (χ2v) is 13.3. The normalized spacial score (nSPS) is 26.0. The van der Waals surface area contributed by atoms with Crippen molar-refractivity contribution in [1.82, 2.24) is 0 Å². The number of rotatable bonds is 7. The molecule has 1 saturated carbocycles. The van der Waals surface area contributed by atoms with Crippen molar-refractivity contribution in [2.75, 3.05) is 0 Å². The first-order valence-corrected chi connectivity index (χ1v) is 14.4. The first-order valence-electron chi connectivity index (χ1n) is 11.6. The van der Waals surface area contributed by atoms with Gasteiger partial charge in [-0.25, -0.2) is 0 Å². The average molecular weight is 469 g/mol. The summed E-state index contributed by atoms with van der Waals surface area (Å²) in [5, 5.41) is 2.48. The Hall–Kier alpha value is -1.74. The molecule has 0 saturated heterocycles. The fraction of sp³-hybridized carbons (Fsp3) is 0.407. The summed E-state index contributed by atoms with van der Waals surface area (Å²) >= 11 is 0. The van der Waals surface area contributed by atoms with Gasteiger partial charge in [-0.3, -0.25) is 4.18 Å². The molecule has 1 fully saturated rings. The molecule has 5 heteroatoms. The number of allylic oxidation sites excluding steroid dienone is 2. The van der Waals surface area contributed by atoms with Crippen LogP contribution in [0.25, 0.3) is 0 Å². The van der Waals surface area contributed by atoms with E-state index in [1.807, 2.05) is 48.6 Å². The van der Waals surface area contributed by atoms with E-state index in [2.05, 4.69) is 45.0 Å². The summed E-state index contributed by atoms with van der Waals surface area (Å²) < 4.78 is 33.3. The van der Waals surface area contributed by atoms with Crippen LogP contribution >= 0.6 is 7.92 Å². The van der Waals surface area contributed by atoms with E-state index in [-0.39, 0.29) is 12.0 Å². The van der Waals surface area contributed by atoms with E-state index in [9.17, 15) is 8.42 Å². The Morgan fingerprint density at radius 3 is 2.09 bits per heavy atom. The molecule has 0 spiro atoms. The van der Waals surface area contributed by atoms with Crippen LogP contribution in [0.15, 0.2) is 84.2 Å². The van der Waals surface area contributed by atoms with Crippen LogP contribution in [0.3, 0.4) is 0 Å². The van der Waals surface area contributed by atoms with Gasteiger partial charge in [-0.05, 0) is 54.4 Å². The maximum atomic E-state index is 13.6. The van der Waals surface area contributed by atoms with E-state index < -0.39 is 23.3 Å². The highest BCUT2D eigenvalue weighted by atomic mass is 32.2. The molecule has 0 N–H and O–H groups in total. The number of hydrogen-bond acceptors (Lipinski definition) is 3. The summed E-state index contributed by atoms with van der Waals surface area (Å²) in [4.78, 5) is 0. The Morgan fingerprint density at radius 2 is 1.53 bits per heavy atom. The molecule has 4 atom stereocenters. The van der Waals surface area contributed by atoms with Gasteiger partial charge < -0.3 is 0 Å². The highest BCUT2D eigenvalue weighted by Crippen LogP contribution is 2.49. The van der Waals surface area contributed by atoms with Crippen LogP contribution in [-0.2, 0) is 14.3 Å². The van der Waals surface area contributed by atoms with Gasteiger partial charge in [0, 0.05) is 0 Å². The molecule has 0 amide bonds. The van der Waals surface area contributed by atoms with Crippen molar-refractivity contribution in [3.8, 4) is 0 Å². The van der Waals surface area contributed by atoms with Crippen molar-refractivity contribution >= 4 is 28.6 Å². The lowest BCUT2D eigenvalue weighted by atomic mass is 9.75. The van der Waals surface area contributed by atoms with Crippen LogP contribution in [0.1, 0.15) is 40.0 Å². The lowest BCUT2D eigenvalue weighted by molar-refractivity contribution is 0.0509. The van der Waals surface area contributed by atoms with Crippen molar-refractivity contribution in [3.05, 3.63) is 84.2 Å². The molecule has 0 aliphatic heterocycles. The van der Waals surface area contributed by atoms with Gasteiger partial charge in [0.05, 0.1) is 6.10 Å². The zero-order chi connectivity index (χ0) is 22.7. The van der Waals surface area contributed by atoms with Gasteiger partial charge in [0.25, 0.3) is 10.1 Å². The minimum atomic E-state index is -3.80. The molecule has 32 heavy (non-hydrogen) atoms. The number of benzene rings is 2. The quantitative estimate of drug-likeness (QED) is 0.384. The van der Waals surface area contributed by atoms with E-state index in [1.165, 1.54) is 0 Å². The molecule has 4 rings (SSSR count). The molecule has 170 valence electrons. The third-order valence-corrected chi connectivity index (χ3v) is 11.0. The molecule has 2 aliphatic carbocycles. The first kappa shape index (κ1) is 23.4. The van der Waals surface area contributed by atoms with Crippen LogP contribution < -0.4 is 10.6 Å². The Kier molecular flexibility index (Phi) is 7.34. The molecule has 2 aromatic carbocycles. The molecular weight excluding hydrogens is 435 g/mol. The molecule has 2 aromatic rings. The highest BCUT2D eigenvalue weighted by Gasteiger charge is 2.40. The van der Waals surface area contributed by atoms with Gasteiger partial charge in [0.15, 0.2) is 0 Å². The van der Waals surface area contributed by atoms with Gasteiger partial charge in [0.2, 0.25) is 0 Å². The van der Waals surface area contributed by atoms with Crippen molar-refractivity contribution in [2.45, 2.75) is 51.4 Å². The largest absolute Gasteiger partial charge is 0.278 e. The zero-order valence-electron chi connectivity index (χ0n) is 19.1. The topological polar surface area (TPSA) is 43.4 Å². The smallest absolute Gasteiger partial charge is 0.266 e. The van der Waals surface area contributed by atoms with E-state index in [0.717, 1.165) is 35.2 Å². The van der Waals surface area contributed by atoms with Crippen LogP contribution in [0.5, 0.6) is 0 Å². The minimum absolute atomic E-state index is 0.237. The summed E-state index contributed by atoms with van der Waals surface area (Å²) in [5.41, 5.74) is 0. The third-order valence-electron chi connectivity index (χ3n) is 6.66. The summed E-state index contributed by atoms with van der Waals surface area (Å²) in [6.07, 6.45) is 8.41. The average Bonchev–Trinajstić information content (AvgIpc) is 3.25. The molecule has 0 aromatic heterocycles. The lowest BCUT2D eigenvalue weighted by Gasteiger charge is -2.37. The fourth-order valence-electron chi connectivity index (χ4n) is 4.95. The third kappa shape index (κ3) is 5.09. The minimum Gasteiger partial charge on any atom is -0.266 e. The summed E-state index contributed by atoms with van der Waals surface area (Å²) in [7, 11) is -4.77. The SMILES string of the molecule is CC(C)[C@@H]1CC[C@@H](C)C[C@H]1OS(=O)(=O)C1C=CC=C1P(c1ccccc1)c1ccccc1. The monoisotopic (exact) mass is 468 g/mol. The highest BCUT2D eigenvalue weighted by molar-refractivity contribution is 7.89. The first-order chi connectivity index (χ1) is 15.4. The Morgan fingerprint density at radius 1 is 0.938 bits per heavy atom. The van der Waals surface area contributed by atoms with Crippen molar-refractivity contribution in [2.24, 2.45) is 17.8 Å². The van der Waals surface area contributed by atoms with Gasteiger partial charge in [0.1, 0.15) is 5.25 Å². The second-order valence-electron chi connectivity index (χ2n) is 9.36. The predicted molar refractivity (Wildman–Crippen MR) is 135 cm³/mol. The molecule has 0 radical (unpaired) electrons. The van der Waals surface area contributed by atoms with E-state index in [4.69, 9.17) is 4.18 Å². The Bertz CT molecular complexity index is 1020. The van der Waals surface area contributed by atoms with Crippen LogP contribution in [-0.4, -0.2) is 19.8 Å². The van der Waals surface area contributed by atoms with Crippen LogP contribution in [0.2, 0.25) is 0 Å². The van der Waals surface area contributed by atoms with Crippen LogP contribution in [0.4, 0.5) is 0 Å². The van der Waals surface area contributed by atoms with E-state index in [0.29, 0.717) is 11.8 Å². The molecule has 0 bridgehead atoms. The van der Waals surface area contributed by atoms with Gasteiger partial charge in [-0.15, -0.1) is 0 Å². The van der Waals surface area contributed by atoms with E-state index >= 15 is 0 Å². The Balaban J connectivity index is 1.65. The predicted octanol–water partition coefficient (Wildman–Crippen LogP) is 5.75. The molecule has 3 nitrogen and oxygen atoms in total. The molecule has 2 aliphatic rings. The standard InChI is InChI=1S/C27H33O3PS/c1-20(2)24-18-17-21(3)19-25(24)30-32(28,29)27-16-10-15-26(27)31(22-11-6-4-7-12-22)23-13-8-5-9-14-23/h4-16,20-21,24-25,27H,17-19H2,1-3H3/t21-,24+,25-,27?/m1/s1. The van der Waals surface area contributed by atoms with E-state index in [1.54, 1.807) is 6.08 Å². The summed E-state index contributed by atoms with van der Waals surface area (Å²) in [5.74, 6) is 1.18. The van der Waals surface area contributed by atoms with Crippen molar-refractivity contribution in [1.29, 1.82) is 0 Å². The van der Waals surface area contributed by atoms with Crippen molar-refractivity contribution in [3.63, 3.8) is 0 Å². The molecular formula is C27H33O3PS. The lowest BCUT2D eigenvalue weighted by Crippen LogP contribution is -2.38. The van der Waals surface area contributed by atoms with Gasteiger partial charge in [-0.1, -0.05) is 106 Å². The summed E-state index contributed by atoms with van der Waals surface area (Å²) in [6, 6.07) is 20.5. The van der Waals surface area contributed by atoms with Crippen LogP contribution in [0, 0.1) is 17.8 Å². The fourth-order valence-corrected chi connectivity index (χ4v) is 9.41. The molecule has 1 unspecified atom stereocenters. The Labute approximate surface area is 194 Å². The summed E-state index contributed by atoms with van der Waals surface area (Å²) in [6.45, 7) is 6.55. The van der Waals surface area contributed by atoms with Gasteiger partial charge in [-0.2, -0.15) is 8.42 Å². The maximum absolute atomic E-state index is 13.6.